The normalized spacial score (nSPS) is 10.2. The average Bonchev–Trinajstić information content (AvgIpc) is 2.59. The van der Waals surface area contributed by atoms with Gasteiger partial charge >= 0.3 is 0 Å². The van der Waals surface area contributed by atoms with Gasteiger partial charge in [-0.3, -0.25) is 4.79 Å². The number of para-hydroxylation sites is 1. The van der Waals surface area contributed by atoms with Crippen molar-refractivity contribution < 1.29 is 4.79 Å². The highest BCUT2D eigenvalue weighted by Crippen LogP contribution is 2.26. The highest BCUT2D eigenvalue weighted by molar-refractivity contribution is 6.35. The van der Waals surface area contributed by atoms with Crippen LogP contribution in [-0.4, -0.2) is 10.9 Å². The van der Waals surface area contributed by atoms with Crippen LogP contribution in [0.1, 0.15) is 10.4 Å². The number of pyridine rings is 1. The Morgan fingerprint density at radius 2 is 1.75 bits per heavy atom. The number of halogens is 2. The highest BCUT2D eigenvalue weighted by atomic mass is 35.5. The van der Waals surface area contributed by atoms with Crippen LogP contribution in [0.25, 0.3) is 0 Å². The standard InChI is InChI=1S/C18H13Cl2N3O/c19-13-6-7-15(20)16(11-13)23-18(24)12-8-9-21-17(10-12)22-14-4-2-1-3-5-14/h1-11H,(H,21,22)(H,23,24). The molecule has 3 aromatic rings. The third-order valence-electron chi connectivity index (χ3n) is 3.24. The maximum absolute atomic E-state index is 12.4. The van der Waals surface area contributed by atoms with E-state index in [1.807, 2.05) is 30.3 Å². The van der Waals surface area contributed by atoms with Crippen LogP contribution in [0.3, 0.4) is 0 Å². The minimum absolute atomic E-state index is 0.294. The molecule has 0 fully saturated rings. The lowest BCUT2D eigenvalue weighted by molar-refractivity contribution is 0.102. The van der Waals surface area contributed by atoms with Crippen LogP contribution < -0.4 is 10.6 Å². The second-order valence-corrected chi connectivity index (χ2v) is 5.84. The third-order valence-corrected chi connectivity index (χ3v) is 3.81. The van der Waals surface area contributed by atoms with Crippen molar-refractivity contribution in [3.63, 3.8) is 0 Å². The second-order valence-electron chi connectivity index (χ2n) is 5.00. The van der Waals surface area contributed by atoms with Crippen molar-refractivity contribution in [3.05, 3.63) is 82.5 Å². The van der Waals surface area contributed by atoms with Gasteiger partial charge in [0.25, 0.3) is 5.91 Å². The molecule has 0 saturated carbocycles. The van der Waals surface area contributed by atoms with Crippen LogP contribution in [0.4, 0.5) is 17.2 Å². The second kappa shape index (κ2) is 7.34. The summed E-state index contributed by atoms with van der Waals surface area (Å²) in [4.78, 5) is 16.6. The molecule has 0 aliphatic heterocycles. The van der Waals surface area contributed by atoms with E-state index in [0.29, 0.717) is 27.1 Å². The van der Waals surface area contributed by atoms with E-state index in [0.717, 1.165) is 5.69 Å². The van der Waals surface area contributed by atoms with Crippen molar-refractivity contribution in [1.82, 2.24) is 4.98 Å². The number of hydrogen-bond acceptors (Lipinski definition) is 3. The van der Waals surface area contributed by atoms with Gasteiger partial charge in [0, 0.05) is 22.5 Å². The Bertz CT molecular complexity index is 869. The molecular weight excluding hydrogens is 345 g/mol. The maximum Gasteiger partial charge on any atom is 0.255 e. The Labute approximate surface area is 149 Å². The van der Waals surface area contributed by atoms with Crippen molar-refractivity contribution in [2.24, 2.45) is 0 Å². The average molecular weight is 358 g/mol. The molecule has 0 saturated heterocycles. The summed E-state index contributed by atoms with van der Waals surface area (Å²) in [5, 5.41) is 6.81. The highest BCUT2D eigenvalue weighted by Gasteiger charge is 2.10. The first-order chi connectivity index (χ1) is 11.6. The Morgan fingerprint density at radius 1 is 0.958 bits per heavy atom. The van der Waals surface area contributed by atoms with Gasteiger partial charge in [-0.15, -0.1) is 0 Å². The van der Waals surface area contributed by atoms with Crippen LogP contribution in [0.2, 0.25) is 10.0 Å². The first kappa shape index (κ1) is 16.3. The molecule has 0 bridgehead atoms. The summed E-state index contributed by atoms with van der Waals surface area (Å²) in [6.45, 7) is 0. The van der Waals surface area contributed by atoms with E-state index in [1.165, 1.54) is 0 Å². The molecule has 1 aromatic heterocycles. The minimum Gasteiger partial charge on any atom is -0.340 e. The molecule has 0 spiro atoms. The summed E-state index contributed by atoms with van der Waals surface area (Å²) in [5.74, 6) is 0.281. The summed E-state index contributed by atoms with van der Waals surface area (Å²) >= 11 is 12.0. The van der Waals surface area contributed by atoms with E-state index >= 15 is 0 Å². The zero-order chi connectivity index (χ0) is 16.9. The fourth-order valence-electron chi connectivity index (χ4n) is 2.10. The maximum atomic E-state index is 12.4. The summed E-state index contributed by atoms with van der Waals surface area (Å²) in [6.07, 6.45) is 1.57. The number of benzene rings is 2. The zero-order valence-corrected chi connectivity index (χ0v) is 14.0. The van der Waals surface area contributed by atoms with Crippen LogP contribution >= 0.6 is 23.2 Å². The molecule has 0 radical (unpaired) electrons. The van der Waals surface area contributed by atoms with Gasteiger partial charge in [-0.1, -0.05) is 41.4 Å². The van der Waals surface area contributed by atoms with Gasteiger partial charge in [-0.25, -0.2) is 4.98 Å². The number of nitrogens with one attached hydrogen (secondary N) is 2. The van der Waals surface area contributed by atoms with Crippen LogP contribution in [0.15, 0.2) is 66.9 Å². The predicted octanol–water partition coefficient (Wildman–Crippen LogP) is 5.38. The summed E-state index contributed by atoms with van der Waals surface area (Å²) in [5.41, 5.74) is 1.81. The van der Waals surface area contributed by atoms with E-state index in [2.05, 4.69) is 15.6 Å². The minimum atomic E-state index is -0.294. The monoisotopic (exact) mass is 357 g/mol. The van der Waals surface area contributed by atoms with Crippen LogP contribution in [-0.2, 0) is 0 Å². The largest absolute Gasteiger partial charge is 0.340 e. The molecule has 2 aromatic carbocycles. The van der Waals surface area contributed by atoms with E-state index < -0.39 is 0 Å². The molecule has 0 atom stereocenters. The number of amides is 1. The number of aromatic nitrogens is 1. The SMILES string of the molecule is O=C(Nc1cc(Cl)ccc1Cl)c1ccnc(Nc2ccccc2)c1. The van der Waals surface area contributed by atoms with E-state index in [1.54, 1.807) is 36.5 Å². The molecule has 3 rings (SSSR count). The quantitative estimate of drug-likeness (QED) is 0.658. The van der Waals surface area contributed by atoms with Gasteiger partial charge in [0.2, 0.25) is 0 Å². The predicted molar refractivity (Wildman–Crippen MR) is 98.4 cm³/mol. The van der Waals surface area contributed by atoms with Gasteiger partial charge in [0.15, 0.2) is 0 Å². The lowest BCUT2D eigenvalue weighted by Crippen LogP contribution is -2.12. The molecule has 6 heteroatoms. The van der Waals surface area contributed by atoms with Crippen molar-refractivity contribution in [2.45, 2.75) is 0 Å². The Morgan fingerprint density at radius 3 is 2.54 bits per heavy atom. The van der Waals surface area contributed by atoms with E-state index in [9.17, 15) is 4.79 Å². The molecule has 1 amide bonds. The van der Waals surface area contributed by atoms with Gasteiger partial charge in [0.05, 0.1) is 10.7 Å². The first-order valence-electron chi connectivity index (χ1n) is 7.16. The van der Waals surface area contributed by atoms with Crippen molar-refractivity contribution >= 4 is 46.3 Å². The van der Waals surface area contributed by atoms with E-state index in [-0.39, 0.29) is 5.91 Å². The molecule has 0 aliphatic rings. The molecule has 120 valence electrons. The van der Waals surface area contributed by atoms with Crippen LogP contribution in [0, 0.1) is 0 Å². The Hall–Kier alpha value is -2.56. The van der Waals surface area contributed by atoms with Gasteiger partial charge in [0.1, 0.15) is 5.82 Å². The molecule has 0 unspecified atom stereocenters. The molecule has 2 N–H and O–H groups in total. The fourth-order valence-corrected chi connectivity index (χ4v) is 2.43. The topological polar surface area (TPSA) is 54.0 Å². The number of nitrogens with zero attached hydrogens (tertiary/aromatic N) is 1. The number of carbonyl (C=O) groups excluding carboxylic acids is 1. The van der Waals surface area contributed by atoms with Crippen LogP contribution in [0.5, 0.6) is 0 Å². The summed E-state index contributed by atoms with van der Waals surface area (Å²) in [6, 6.07) is 17.8. The number of carbonyl (C=O) groups is 1. The molecule has 0 aliphatic carbocycles. The molecule has 4 nitrogen and oxygen atoms in total. The Kier molecular flexibility index (Phi) is 4.99. The van der Waals surface area contributed by atoms with Gasteiger partial charge in [-0.2, -0.15) is 0 Å². The van der Waals surface area contributed by atoms with Crippen molar-refractivity contribution in [1.29, 1.82) is 0 Å². The zero-order valence-electron chi connectivity index (χ0n) is 12.5. The van der Waals surface area contributed by atoms with Crippen molar-refractivity contribution in [3.8, 4) is 0 Å². The summed E-state index contributed by atoms with van der Waals surface area (Å²) < 4.78 is 0. The number of anilines is 3. The number of hydrogen-bond donors (Lipinski definition) is 2. The lowest BCUT2D eigenvalue weighted by Gasteiger charge is -2.09. The number of rotatable bonds is 4. The first-order valence-corrected chi connectivity index (χ1v) is 7.92. The van der Waals surface area contributed by atoms with E-state index in [4.69, 9.17) is 23.2 Å². The molecule has 1 heterocycles. The molecule has 24 heavy (non-hydrogen) atoms. The summed E-state index contributed by atoms with van der Waals surface area (Å²) in [7, 11) is 0. The smallest absolute Gasteiger partial charge is 0.255 e. The van der Waals surface area contributed by atoms with Crippen molar-refractivity contribution in [2.75, 3.05) is 10.6 Å². The molecular formula is C18H13Cl2N3O. The Balaban J connectivity index is 1.78. The lowest BCUT2D eigenvalue weighted by atomic mass is 10.2. The van der Waals surface area contributed by atoms with Gasteiger partial charge < -0.3 is 10.6 Å². The third kappa shape index (κ3) is 4.04. The van der Waals surface area contributed by atoms with Gasteiger partial charge in [-0.05, 0) is 42.5 Å². The fraction of sp³-hybridized carbons (Fsp3) is 0.